The zero-order chi connectivity index (χ0) is 13.7. The van der Waals surface area contributed by atoms with Crippen molar-refractivity contribution in [1.82, 2.24) is 9.55 Å². The lowest BCUT2D eigenvalue weighted by molar-refractivity contribution is -0.0376. The molecule has 2 aromatic rings. The molecule has 1 aliphatic carbocycles. The first-order chi connectivity index (χ1) is 9.69. The molecule has 104 valence electrons. The summed E-state index contributed by atoms with van der Waals surface area (Å²) in [5.74, 6) is 0.731. The van der Waals surface area contributed by atoms with Crippen molar-refractivity contribution in [3.8, 4) is 11.3 Å². The molecule has 1 N–H and O–H groups in total. The van der Waals surface area contributed by atoms with Gasteiger partial charge in [-0.05, 0) is 37.2 Å². The molecule has 1 aliphatic heterocycles. The van der Waals surface area contributed by atoms with Crippen LogP contribution in [0.5, 0.6) is 0 Å². The summed E-state index contributed by atoms with van der Waals surface area (Å²) in [5, 5.41) is 11.3. The monoisotopic (exact) mass is 268 g/mol. The van der Waals surface area contributed by atoms with E-state index in [2.05, 4.69) is 40.7 Å². The van der Waals surface area contributed by atoms with Gasteiger partial charge in [0.1, 0.15) is 0 Å². The summed E-state index contributed by atoms with van der Waals surface area (Å²) in [6, 6.07) is 8.45. The van der Waals surface area contributed by atoms with Gasteiger partial charge in [0.15, 0.2) is 0 Å². The van der Waals surface area contributed by atoms with Crippen molar-refractivity contribution in [2.75, 3.05) is 0 Å². The van der Waals surface area contributed by atoms with E-state index in [1.165, 1.54) is 11.1 Å². The molecule has 1 saturated carbocycles. The van der Waals surface area contributed by atoms with E-state index in [9.17, 15) is 5.11 Å². The average Bonchev–Trinajstić information content (AvgIpc) is 3.02. The first kappa shape index (κ1) is 12.2. The number of hydrogen-bond acceptors (Lipinski definition) is 2. The van der Waals surface area contributed by atoms with Crippen LogP contribution in [0.15, 0.2) is 36.8 Å². The Morgan fingerprint density at radius 3 is 2.80 bits per heavy atom. The van der Waals surface area contributed by atoms with Crippen LogP contribution in [-0.2, 0) is 0 Å². The largest absolute Gasteiger partial charge is 0.387 e. The standard InChI is InChI=1S/C17H20N2O/c1-12-6-8-17(20,9-7-12)16-14-5-3-2-4-13(14)15-10-18-11-19(15)16/h2-5,10-12,16,20H,6-9H2,1H3/t12-,16-,17+/m0/s1. The Bertz CT molecular complexity index is 638. The second kappa shape index (κ2) is 4.19. The molecule has 0 spiro atoms. The van der Waals surface area contributed by atoms with Crippen molar-refractivity contribution in [2.24, 2.45) is 5.92 Å². The Morgan fingerprint density at radius 1 is 1.25 bits per heavy atom. The van der Waals surface area contributed by atoms with Gasteiger partial charge in [0.25, 0.3) is 0 Å². The van der Waals surface area contributed by atoms with Gasteiger partial charge in [0.2, 0.25) is 0 Å². The SMILES string of the molecule is C[C@H]1CC[C@](O)([C@@H]2c3ccccc3-c3cncn32)CC1. The van der Waals surface area contributed by atoms with Gasteiger partial charge < -0.3 is 9.67 Å². The highest BCUT2D eigenvalue weighted by atomic mass is 16.3. The van der Waals surface area contributed by atoms with E-state index in [1.807, 2.05) is 12.5 Å². The molecule has 20 heavy (non-hydrogen) atoms. The highest BCUT2D eigenvalue weighted by molar-refractivity contribution is 5.69. The minimum Gasteiger partial charge on any atom is -0.387 e. The van der Waals surface area contributed by atoms with Crippen molar-refractivity contribution >= 4 is 0 Å². The maximum atomic E-state index is 11.3. The molecule has 3 nitrogen and oxygen atoms in total. The third kappa shape index (κ3) is 1.59. The number of imidazole rings is 1. The maximum absolute atomic E-state index is 11.3. The third-order valence-electron chi connectivity index (χ3n) is 5.12. The fraction of sp³-hybridized carbons (Fsp3) is 0.471. The molecule has 0 bridgehead atoms. The van der Waals surface area contributed by atoms with E-state index in [-0.39, 0.29) is 6.04 Å². The zero-order valence-electron chi connectivity index (χ0n) is 11.8. The van der Waals surface area contributed by atoms with Gasteiger partial charge in [-0.2, -0.15) is 0 Å². The molecule has 1 fully saturated rings. The molecule has 3 heteroatoms. The second-order valence-corrected chi connectivity index (χ2v) is 6.46. The highest BCUT2D eigenvalue weighted by Gasteiger charge is 2.45. The van der Waals surface area contributed by atoms with Crippen LogP contribution in [0.1, 0.15) is 44.2 Å². The quantitative estimate of drug-likeness (QED) is 0.861. The molecule has 1 aromatic heterocycles. The summed E-state index contributed by atoms with van der Waals surface area (Å²) in [6.07, 6.45) is 7.76. The fourth-order valence-corrected chi connectivity index (χ4v) is 3.92. The first-order valence-electron chi connectivity index (χ1n) is 7.52. The summed E-state index contributed by atoms with van der Waals surface area (Å²) in [7, 11) is 0. The second-order valence-electron chi connectivity index (χ2n) is 6.46. The van der Waals surface area contributed by atoms with Crippen LogP contribution in [0.25, 0.3) is 11.3 Å². The van der Waals surface area contributed by atoms with Crippen LogP contribution < -0.4 is 0 Å². The smallest absolute Gasteiger partial charge is 0.0957 e. The number of hydrogen-bond donors (Lipinski definition) is 1. The normalized spacial score (nSPS) is 31.9. The van der Waals surface area contributed by atoms with Gasteiger partial charge in [-0.1, -0.05) is 31.2 Å². The highest BCUT2D eigenvalue weighted by Crippen LogP contribution is 2.49. The van der Waals surface area contributed by atoms with Gasteiger partial charge in [-0.25, -0.2) is 4.98 Å². The van der Waals surface area contributed by atoms with Crippen LogP contribution in [0.3, 0.4) is 0 Å². The number of aliphatic hydroxyl groups is 1. The number of rotatable bonds is 1. The molecule has 0 amide bonds. The molecule has 0 unspecified atom stereocenters. The maximum Gasteiger partial charge on any atom is 0.0957 e. The lowest BCUT2D eigenvalue weighted by Gasteiger charge is -2.40. The third-order valence-corrected chi connectivity index (χ3v) is 5.12. The van der Waals surface area contributed by atoms with E-state index in [0.717, 1.165) is 37.3 Å². The Balaban J connectivity index is 1.83. The van der Waals surface area contributed by atoms with Crippen LogP contribution in [0, 0.1) is 5.92 Å². The van der Waals surface area contributed by atoms with E-state index < -0.39 is 5.60 Å². The van der Waals surface area contributed by atoms with Crippen molar-refractivity contribution in [2.45, 2.75) is 44.2 Å². The number of fused-ring (bicyclic) bond motifs is 3. The predicted octanol–water partition coefficient (Wildman–Crippen LogP) is 3.39. The van der Waals surface area contributed by atoms with Crippen LogP contribution in [0.2, 0.25) is 0 Å². The van der Waals surface area contributed by atoms with Gasteiger partial charge in [-0.15, -0.1) is 0 Å². The predicted molar refractivity (Wildman–Crippen MR) is 78.4 cm³/mol. The van der Waals surface area contributed by atoms with Crippen molar-refractivity contribution in [3.05, 3.63) is 42.4 Å². The van der Waals surface area contributed by atoms with E-state index in [4.69, 9.17) is 0 Å². The van der Waals surface area contributed by atoms with Crippen LogP contribution in [0.4, 0.5) is 0 Å². The molecule has 0 saturated heterocycles. The Labute approximate surface area is 119 Å². The zero-order valence-corrected chi connectivity index (χ0v) is 11.8. The summed E-state index contributed by atoms with van der Waals surface area (Å²) >= 11 is 0. The Kier molecular flexibility index (Phi) is 2.55. The van der Waals surface area contributed by atoms with Crippen LogP contribution >= 0.6 is 0 Å². The number of nitrogens with zero attached hydrogens (tertiary/aromatic N) is 2. The molecular formula is C17H20N2O. The van der Waals surface area contributed by atoms with E-state index >= 15 is 0 Å². The minimum atomic E-state index is -0.630. The molecule has 2 heterocycles. The lowest BCUT2D eigenvalue weighted by Crippen LogP contribution is -2.41. The van der Waals surface area contributed by atoms with Crippen molar-refractivity contribution in [3.63, 3.8) is 0 Å². The van der Waals surface area contributed by atoms with Gasteiger partial charge >= 0.3 is 0 Å². The lowest BCUT2D eigenvalue weighted by atomic mass is 9.74. The molecule has 1 atom stereocenters. The Morgan fingerprint density at radius 2 is 2.00 bits per heavy atom. The van der Waals surface area contributed by atoms with Gasteiger partial charge in [0, 0.05) is 5.56 Å². The van der Waals surface area contributed by atoms with Crippen molar-refractivity contribution < 1.29 is 5.11 Å². The summed E-state index contributed by atoms with van der Waals surface area (Å²) in [5.41, 5.74) is 2.98. The minimum absolute atomic E-state index is 0.0312. The molecular weight excluding hydrogens is 248 g/mol. The van der Waals surface area contributed by atoms with Gasteiger partial charge in [0.05, 0.1) is 29.9 Å². The summed E-state index contributed by atoms with van der Waals surface area (Å²) in [6.45, 7) is 2.28. The first-order valence-corrected chi connectivity index (χ1v) is 7.52. The number of benzene rings is 1. The molecule has 1 aromatic carbocycles. The molecule has 4 rings (SSSR count). The summed E-state index contributed by atoms with van der Waals surface area (Å²) < 4.78 is 2.17. The van der Waals surface area contributed by atoms with Gasteiger partial charge in [-0.3, -0.25) is 0 Å². The van der Waals surface area contributed by atoms with Crippen LogP contribution in [-0.4, -0.2) is 20.3 Å². The average molecular weight is 268 g/mol. The van der Waals surface area contributed by atoms with E-state index in [0.29, 0.717) is 0 Å². The van der Waals surface area contributed by atoms with E-state index in [1.54, 1.807) is 0 Å². The summed E-state index contributed by atoms with van der Waals surface area (Å²) in [4.78, 5) is 4.29. The molecule has 0 radical (unpaired) electrons. The fourth-order valence-electron chi connectivity index (χ4n) is 3.92. The number of aromatic nitrogens is 2. The Hall–Kier alpha value is -1.61. The molecule has 2 aliphatic rings. The van der Waals surface area contributed by atoms with Crippen molar-refractivity contribution in [1.29, 1.82) is 0 Å². The topological polar surface area (TPSA) is 38.1 Å².